The lowest BCUT2D eigenvalue weighted by atomic mass is 9.82. The minimum atomic E-state index is -3.78. The van der Waals surface area contributed by atoms with Gasteiger partial charge in [0, 0.05) is 5.92 Å². The van der Waals surface area contributed by atoms with Crippen LogP contribution >= 0.6 is 11.3 Å². The van der Waals surface area contributed by atoms with Crippen LogP contribution < -0.4 is 10.5 Å². The number of sulfonamides is 1. The molecule has 20 heavy (non-hydrogen) atoms. The summed E-state index contributed by atoms with van der Waals surface area (Å²) >= 11 is 0.903. The van der Waals surface area contributed by atoms with E-state index in [1.807, 2.05) is 0 Å². The van der Waals surface area contributed by atoms with Crippen LogP contribution in [0.4, 0.5) is 5.13 Å². The topological polar surface area (TPSA) is 102 Å². The van der Waals surface area contributed by atoms with Gasteiger partial charge in [-0.2, -0.15) is 0 Å². The minimum absolute atomic E-state index is 0.00469. The van der Waals surface area contributed by atoms with Gasteiger partial charge >= 0.3 is 0 Å². The molecule has 0 aromatic carbocycles. The van der Waals surface area contributed by atoms with E-state index in [4.69, 9.17) is 5.14 Å². The first-order valence-electron chi connectivity index (χ1n) is 6.58. The SMILES string of the molecule is Cc1nc(NC(=O)C2CCC(C)CC2)sc1S(N)(=O)=O. The number of primary sulfonamides is 1. The number of carbonyl (C=O) groups excluding carboxylic acids is 1. The smallest absolute Gasteiger partial charge is 0.249 e. The number of anilines is 1. The molecule has 6 nitrogen and oxygen atoms in total. The Kier molecular flexibility index (Phi) is 4.46. The van der Waals surface area contributed by atoms with Crippen molar-refractivity contribution in [2.24, 2.45) is 17.0 Å². The molecule has 0 unspecified atom stereocenters. The van der Waals surface area contributed by atoms with Gasteiger partial charge in [0.25, 0.3) is 0 Å². The predicted molar refractivity (Wildman–Crippen MR) is 78.0 cm³/mol. The van der Waals surface area contributed by atoms with E-state index in [2.05, 4.69) is 17.2 Å². The summed E-state index contributed by atoms with van der Waals surface area (Å²) in [6, 6.07) is 0. The van der Waals surface area contributed by atoms with Crippen LogP contribution in [0.1, 0.15) is 38.3 Å². The average molecular weight is 317 g/mol. The molecule has 0 spiro atoms. The number of aryl methyl sites for hydroxylation is 1. The summed E-state index contributed by atoms with van der Waals surface area (Å²) in [7, 11) is -3.78. The number of nitrogens with zero attached hydrogens (tertiary/aromatic N) is 1. The first-order valence-corrected chi connectivity index (χ1v) is 8.94. The Balaban J connectivity index is 2.05. The van der Waals surface area contributed by atoms with Crippen molar-refractivity contribution in [2.75, 3.05) is 5.32 Å². The van der Waals surface area contributed by atoms with E-state index in [1.54, 1.807) is 6.92 Å². The lowest BCUT2D eigenvalue weighted by Gasteiger charge is -2.24. The summed E-state index contributed by atoms with van der Waals surface area (Å²) in [5.74, 6) is 0.593. The maximum Gasteiger partial charge on any atom is 0.249 e. The number of carbonyl (C=O) groups is 1. The molecule has 0 aliphatic heterocycles. The fourth-order valence-electron chi connectivity index (χ4n) is 2.43. The summed E-state index contributed by atoms with van der Waals surface area (Å²) < 4.78 is 22.7. The molecule has 0 radical (unpaired) electrons. The highest BCUT2D eigenvalue weighted by molar-refractivity contribution is 7.91. The van der Waals surface area contributed by atoms with Crippen molar-refractivity contribution >= 4 is 32.4 Å². The van der Waals surface area contributed by atoms with Crippen molar-refractivity contribution in [2.45, 2.75) is 43.7 Å². The van der Waals surface area contributed by atoms with Gasteiger partial charge in [0.05, 0.1) is 5.69 Å². The number of rotatable bonds is 3. The standard InChI is InChI=1S/C12H19N3O3S2/c1-7-3-5-9(6-4-7)10(16)15-12-14-8(2)11(19-12)20(13,17)18/h7,9H,3-6H2,1-2H3,(H2,13,17,18)(H,14,15,16). The monoisotopic (exact) mass is 317 g/mol. The highest BCUT2D eigenvalue weighted by Crippen LogP contribution is 2.31. The van der Waals surface area contributed by atoms with Crippen molar-refractivity contribution in [1.82, 2.24) is 4.98 Å². The normalized spacial score (nSPS) is 23.6. The third kappa shape index (κ3) is 3.56. The van der Waals surface area contributed by atoms with Gasteiger partial charge in [-0.1, -0.05) is 18.3 Å². The number of aromatic nitrogens is 1. The molecule has 1 heterocycles. The second-order valence-electron chi connectivity index (χ2n) is 5.38. The highest BCUT2D eigenvalue weighted by Gasteiger charge is 2.26. The van der Waals surface area contributed by atoms with E-state index in [-0.39, 0.29) is 16.0 Å². The molecule has 1 aromatic rings. The Labute approximate surface area is 122 Å². The third-order valence-electron chi connectivity index (χ3n) is 3.63. The summed E-state index contributed by atoms with van der Waals surface area (Å²) in [6.07, 6.45) is 3.85. The van der Waals surface area contributed by atoms with Gasteiger partial charge in [0.2, 0.25) is 15.9 Å². The number of thiazole rings is 1. The Bertz CT molecular complexity index is 601. The van der Waals surface area contributed by atoms with Crippen molar-refractivity contribution in [1.29, 1.82) is 0 Å². The molecule has 0 bridgehead atoms. The first-order chi connectivity index (χ1) is 9.27. The van der Waals surface area contributed by atoms with Crippen LogP contribution in [0.3, 0.4) is 0 Å². The van der Waals surface area contributed by atoms with E-state index in [0.717, 1.165) is 37.0 Å². The van der Waals surface area contributed by atoms with E-state index >= 15 is 0 Å². The lowest BCUT2D eigenvalue weighted by molar-refractivity contribution is -0.121. The zero-order chi connectivity index (χ0) is 14.9. The molecule has 1 saturated carbocycles. The summed E-state index contributed by atoms with van der Waals surface area (Å²) in [6.45, 7) is 3.75. The molecule has 3 N–H and O–H groups in total. The first kappa shape index (κ1) is 15.4. The van der Waals surface area contributed by atoms with Crippen LogP contribution in [-0.2, 0) is 14.8 Å². The molecule has 1 aromatic heterocycles. The minimum Gasteiger partial charge on any atom is -0.302 e. The number of hydrogen-bond donors (Lipinski definition) is 2. The summed E-state index contributed by atoms with van der Waals surface area (Å²) in [5.41, 5.74) is 0.324. The van der Waals surface area contributed by atoms with E-state index in [1.165, 1.54) is 0 Å². The van der Waals surface area contributed by atoms with Crippen molar-refractivity contribution < 1.29 is 13.2 Å². The summed E-state index contributed by atoms with van der Waals surface area (Å²) in [5, 5.41) is 8.10. The quantitative estimate of drug-likeness (QED) is 0.888. The Morgan fingerprint density at radius 2 is 1.95 bits per heavy atom. The van der Waals surface area contributed by atoms with Crippen molar-refractivity contribution in [3.8, 4) is 0 Å². The molecule has 8 heteroatoms. The van der Waals surface area contributed by atoms with Crippen molar-refractivity contribution in [3.05, 3.63) is 5.69 Å². The highest BCUT2D eigenvalue weighted by atomic mass is 32.2. The molecule has 112 valence electrons. The maximum absolute atomic E-state index is 12.1. The fraction of sp³-hybridized carbons (Fsp3) is 0.667. The number of hydrogen-bond acceptors (Lipinski definition) is 5. The molecule has 0 atom stereocenters. The van der Waals surface area contributed by atoms with Crippen LogP contribution in [0, 0.1) is 18.8 Å². The maximum atomic E-state index is 12.1. The average Bonchev–Trinajstić information content (AvgIpc) is 2.70. The molecule has 1 aliphatic carbocycles. The van der Waals surface area contributed by atoms with Gasteiger partial charge in [0.1, 0.15) is 0 Å². The Hall–Kier alpha value is -0.990. The number of amides is 1. The van der Waals surface area contributed by atoms with Gasteiger partial charge < -0.3 is 5.32 Å². The predicted octanol–water partition coefficient (Wildman–Crippen LogP) is 1.86. The van der Waals surface area contributed by atoms with Gasteiger partial charge in [0.15, 0.2) is 9.34 Å². The van der Waals surface area contributed by atoms with Gasteiger partial charge in [-0.25, -0.2) is 18.5 Å². The van der Waals surface area contributed by atoms with Crippen LogP contribution in [0.2, 0.25) is 0 Å². The zero-order valence-corrected chi connectivity index (χ0v) is 13.2. The van der Waals surface area contributed by atoms with E-state index in [0.29, 0.717) is 16.7 Å². The van der Waals surface area contributed by atoms with Gasteiger partial charge in [-0.05, 0) is 38.5 Å². The molecule has 0 saturated heterocycles. The molecular formula is C12H19N3O3S2. The second kappa shape index (κ2) is 5.79. The molecule has 2 rings (SSSR count). The van der Waals surface area contributed by atoms with E-state index < -0.39 is 10.0 Å². The van der Waals surface area contributed by atoms with Crippen LogP contribution in [-0.4, -0.2) is 19.3 Å². The van der Waals surface area contributed by atoms with Crippen LogP contribution in [0.15, 0.2) is 4.21 Å². The van der Waals surface area contributed by atoms with Crippen LogP contribution in [0.5, 0.6) is 0 Å². The van der Waals surface area contributed by atoms with Gasteiger partial charge in [-0.3, -0.25) is 4.79 Å². The molecular weight excluding hydrogens is 298 g/mol. The van der Waals surface area contributed by atoms with Gasteiger partial charge in [-0.15, -0.1) is 0 Å². The number of nitrogens with one attached hydrogen (secondary N) is 1. The lowest BCUT2D eigenvalue weighted by Crippen LogP contribution is -2.26. The second-order valence-corrected chi connectivity index (χ2v) is 8.14. The molecule has 1 aliphatic rings. The molecule has 1 fully saturated rings. The van der Waals surface area contributed by atoms with Crippen LogP contribution in [0.25, 0.3) is 0 Å². The van der Waals surface area contributed by atoms with E-state index in [9.17, 15) is 13.2 Å². The zero-order valence-electron chi connectivity index (χ0n) is 11.5. The number of nitrogens with two attached hydrogens (primary N) is 1. The fourth-order valence-corrected chi connectivity index (χ4v) is 4.29. The summed E-state index contributed by atoms with van der Waals surface area (Å²) in [4.78, 5) is 16.2. The third-order valence-corrected chi connectivity index (χ3v) is 6.26. The Morgan fingerprint density at radius 3 is 2.45 bits per heavy atom. The Morgan fingerprint density at radius 1 is 1.35 bits per heavy atom. The van der Waals surface area contributed by atoms with Crippen molar-refractivity contribution in [3.63, 3.8) is 0 Å². The largest absolute Gasteiger partial charge is 0.302 e. The molecule has 1 amide bonds.